The number of carbonyl (C=O) groups is 1. The Kier molecular flexibility index (Phi) is 6.11. The molecule has 0 fully saturated rings. The fourth-order valence-electron chi connectivity index (χ4n) is 2.82. The molecular weight excluding hydrogens is 452 g/mol. The number of anilines is 1. The summed E-state index contributed by atoms with van der Waals surface area (Å²) in [6, 6.07) is 17.7. The van der Waals surface area contributed by atoms with Crippen LogP contribution in [0, 0.1) is 10.1 Å². The van der Waals surface area contributed by atoms with Gasteiger partial charge in [0.2, 0.25) is 5.13 Å². The van der Waals surface area contributed by atoms with E-state index in [1.54, 1.807) is 55.6 Å². The maximum Gasteiger partial charge on any atom is 0.280 e. The number of non-ortho nitro benzene ring substituents is 1. The molecule has 1 heterocycles. The lowest BCUT2D eigenvalue weighted by Crippen LogP contribution is -2.25. The van der Waals surface area contributed by atoms with E-state index in [-0.39, 0.29) is 5.69 Å². The summed E-state index contributed by atoms with van der Waals surface area (Å²) >= 11 is 7.23. The van der Waals surface area contributed by atoms with Crippen LogP contribution in [0.4, 0.5) is 10.8 Å². The van der Waals surface area contributed by atoms with Crippen LogP contribution in [-0.2, 0) is 0 Å². The van der Waals surface area contributed by atoms with Crippen molar-refractivity contribution >= 4 is 56.1 Å². The number of benzene rings is 3. The van der Waals surface area contributed by atoms with Gasteiger partial charge in [-0.2, -0.15) is 10.1 Å². The van der Waals surface area contributed by atoms with E-state index < -0.39 is 10.8 Å². The van der Waals surface area contributed by atoms with Crippen molar-refractivity contribution in [2.24, 2.45) is 5.10 Å². The zero-order chi connectivity index (χ0) is 22.7. The Morgan fingerprint density at radius 2 is 1.88 bits per heavy atom. The number of ether oxygens (including phenoxy) is 1. The summed E-state index contributed by atoms with van der Waals surface area (Å²) in [5, 5.41) is 17.3. The molecule has 8 nitrogen and oxygen atoms in total. The second-order valence-electron chi connectivity index (χ2n) is 6.55. The minimum Gasteiger partial charge on any atom is -0.497 e. The quantitative estimate of drug-likeness (QED) is 0.211. The maximum absolute atomic E-state index is 13.2. The molecule has 0 aliphatic heterocycles. The Bertz CT molecular complexity index is 1320. The van der Waals surface area contributed by atoms with Gasteiger partial charge in [0.25, 0.3) is 11.6 Å². The highest BCUT2D eigenvalue weighted by atomic mass is 35.5. The Hall–Kier alpha value is -3.82. The molecule has 1 aromatic heterocycles. The first-order chi connectivity index (χ1) is 15.4. The van der Waals surface area contributed by atoms with Crippen LogP contribution < -0.4 is 9.75 Å². The van der Waals surface area contributed by atoms with Gasteiger partial charge in [-0.15, -0.1) is 0 Å². The number of nitro benzene ring substituents is 1. The largest absolute Gasteiger partial charge is 0.497 e. The van der Waals surface area contributed by atoms with E-state index in [9.17, 15) is 14.9 Å². The highest BCUT2D eigenvalue weighted by molar-refractivity contribution is 7.22. The molecule has 0 N–H and O–H groups in total. The molecule has 0 unspecified atom stereocenters. The summed E-state index contributed by atoms with van der Waals surface area (Å²) in [6.45, 7) is 0. The van der Waals surface area contributed by atoms with Gasteiger partial charge in [0.1, 0.15) is 5.75 Å². The summed E-state index contributed by atoms with van der Waals surface area (Å²) in [4.78, 5) is 28.2. The standard InChI is InChI=1S/C22H15ClN4O4S/c1-31-18-10-11-19-20(12-18)32-22(25-19)26(21(28)15-4-6-16(23)7-5-15)24-13-14-2-8-17(9-3-14)27(29)30/h2-13H,1H3/b24-13+. The van der Waals surface area contributed by atoms with Crippen molar-refractivity contribution in [2.45, 2.75) is 0 Å². The first kappa shape index (κ1) is 21.4. The molecule has 0 bridgehead atoms. The number of amides is 1. The predicted octanol–water partition coefficient (Wildman–Crippen LogP) is 5.55. The number of hydrogen-bond acceptors (Lipinski definition) is 7. The van der Waals surface area contributed by atoms with E-state index in [1.807, 2.05) is 6.07 Å². The minimum atomic E-state index is -0.479. The number of hydrazone groups is 1. The number of rotatable bonds is 6. The van der Waals surface area contributed by atoms with E-state index in [4.69, 9.17) is 16.3 Å². The molecule has 0 atom stereocenters. The molecule has 10 heteroatoms. The topological polar surface area (TPSA) is 97.9 Å². The number of carbonyl (C=O) groups excluding carboxylic acids is 1. The normalized spacial score (nSPS) is 11.1. The van der Waals surface area contributed by atoms with Crippen LogP contribution in [-0.4, -0.2) is 29.1 Å². The number of halogens is 1. The Morgan fingerprint density at radius 1 is 1.16 bits per heavy atom. The van der Waals surface area contributed by atoms with Crippen molar-refractivity contribution < 1.29 is 14.5 Å². The van der Waals surface area contributed by atoms with Gasteiger partial charge in [-0.05, 0) is 60.2 Å². The fourth-order valence-corrected chi connectivity index (χ4v) is 3.90. The SMILES string of the molecule is COc1ccc2nc(N(/N=C/c3ccc([N+](=O)[O-])cc3)C(=O)c3ccc(Cl)cc3)sc2c1. The van der Waals surface area contributed by atoms with Gasteiger partial charge < -0.3 is 4.74 Å². The number of nitro groups is 1. The molecule has 3 aromatic carbocycles. The van der Waals surface area contributed by atoms with Gasteiger partial charge in [-0.3, -0.25) is 14.9 Å². The first-order valence-electron chi connectivity index (χ1n) is 9.27. The average molecular weight is 467 g/mol. The van der Waals surface area contributed by atoms with Crippen LogP contribution >= 0.6 is 22.9 Å². The molecule has 0 saturated heterocycles. The van der Waals surface area contributed by atoms with E-state index in [2.05, 4.69) is 10.1 Å². The summed E-state index contributed by atoms with van der Waals surface area (Å²) in [6.07, 6.45) is 1.45. The molecule has 0 radical (unpaired) electrons. The Labute approximate surface area is 191 Å². The molecule has 160 valence electrons. The van der Waals surface area contributed by atoms with Crippen LogP contribution in [0.1, 0.15) is 15.9 Å². The van der Waals surface area contributed by atoms with Crippen LogP contribution in [0.25, 0.3) is 10.2 Å². The van der Waals surface area contributed by atoms with Crippen LogP contribution in [0.15, 0.2) is 71.8 Å². The zero-order valence-electron chi connectivity index (χ0n) is 16.6. The summed E-state index contributed by atoms with van der Waals surface area (Å²) in [7, 11) is 1.58. The second-order valence-corrected chi connectivity index (χ2v) is 7.99. The van der Waals surface area contributed by atoms with Gasteiger partial charge >= 0.3 is 0 Å². The lowest BCUT2D eigenvalue weighted by atomic mass is 10.2. The number of thiazole rings is 1. The van der Waals surface area contributed by atoms with Gasteiger partial charge in [0.05, 0.1) is 28.5 Å². The second kappa shape index (κ2) is 9.13. The highest BCUT2D eigenvalue weighted by Crippen LogP contribution is 2.32. The van der Waals surface area contributed by atoms with Crippen LogP contribution in [0.5, 0.6) is 5.75 Å². The number of aromatic nitrogens is 1. The third-order valence-electron chi connectivity index (χ3n) is 4.48. The van der Waals surface area contributed by atoms with Crippen LogP contribution in [0.2, 0.25) is 5.02 Å². The van der Waals surface area contributed by atoms with Gasteiger partial charge in [-0.25, -0.2) is 4.98 Å². The predicted molar refractivity (Wildman–Crippen MR) is 125 cm³/mol. The fraction of sp³-hybridized carbons (Fsp3) is 0.0455. The van der Waals surface area contributed by atoms with E-state index in [0.29, 0.717) is 32.5 Å². The van der Waals surface area contributed by atoms with E-state index in [0.717, 1.165) is 4.70 Å². The van der Waals surface area contributed by atoms with Gasteiger partial charge in [0.15, 0.2) is 0 Å². The average Bonchev–Trinajstić information content (AvgIpc) is 3.22. The Balaban J connectivity index is 1.73. The van der Waals surface area contributed by atoms with Crippen molar-refractivity contribution in [3.63, 3.8) is 0 Å². The summed E-state index contributed by atoms with van der Waals surface area (Å²) < 4.78 is 6.09. The lowest BCUT2D eigenvalue weighted by Gasteiger charge is -2.13. The van der Waals surface area contributed by atoms with Crippen LogP contribution in [0.3, 0.4) is 0 Å². The maximum atomic E-state index is 13.2. The van der Waals surface area contributed by atoms with Crippen molar-refractivity contribution in [3.05, 3.63) is 93.0 Å². The van der Waals surface area contributed by atoms with Crippen molar-refractivity contribution in [1.82, 2.24) is 4.98 Å². The summed E-state index contributed by atoms with van der Waals surface area (Å²) in [5.74, 6) is 0.281. The molecule has 4 aromatic rings. The molecule has 0 aliphatic rings. The number of fused-ring (bicyclic) bond motifs is 1. The minimum absolute atomic E-state index is 0.0311. The molecule has 0 saturated carbocycles. The summed E-state index contributed by atoms with van der Waals surface area (Å²) in [5.41, 5.74) is 1.64. The number of hydrogen-bond donors (Lipinski definition) is 0. The van der Waals surface area contributed by atoms with Gasteiger partial charge in [-0.1, -0.05) is 22.9 Å². The van der Waals surface area contributed by atoms with Crippen molar-refractivity contribution in [3.8, 4) is 5.75 Å². The zero-order valence-corrected chi connectivity index (χ0v) is 18.2. The molecular formula is C22H15ClN4O4S. The Morgan fingerprint density at radius 3 is 2.53 bits per heavy atom. The lowest BCUT2D eigenvalue weighted by molar-refractivity contribution is -0.384. The molecule has 32 heavy (non-hydrogen) atoms. The molecule has 0 aliphatic carbocycles. The van der Waals surface area contributed by atoms with E-state index >= 15 is 0 Å². The van der Waals surface area contributed by atoms with E-state index in [1.165, 1.54) is 34.7 Å². The first-order valence-corrected chi connectivity index (χ1v) is 10.5. The van der Waals surface area contributed by atoms with Crippen molar-refractivity contribution in [1.29, 1.82) is 0 Å². The monoisotopic (exact) mass is 466 g/mol. The smallest absolute Gasteiger partial charge is 0.280 e. The number of nitrogens with zero attached hydrogens (tertiary/aromatic N) is 4. The third kappa shape index (κ3) is 4.58. The molecule has 1 amide bonds. The van der Waals surface area contributed by atoms with Crippen molar-refractivity contribution in [2.75, 3.05) is 12.1 Å². The highest BCUT2D eigenvalue weighted by Gasteiger charge is 2.21. The molecule has 4 rings (SSSR count). The molecule has 0 spiro atoms. The van der Waals surface area contributed by atoms with Gasteiger partial charge in [0, 0.05) is 22.7 Å². The third-order valence-corrected chi connectivity index (χ3v) is 5.72. The number of methoxy groups -OCH3 is 1.